The fourth-order valence-electron chi connectivity index (χ4n) is 3.66. The van der Waals surface area contributed by atoms with Crippen molar-refractivity contribution < 1.29 is 0 Å². The Kier molecular flexibility index (Phi) is 4.23. The number of aryl methyl sites for hydroxylation is 1. The number of halogens is 1. The second-order valence-corrected chi connectivity index (χ2v) is 7.25. The van der Waals surface area contributed by atoms with Gasteiger partial charge in [-0.15, -0.1) is 0 Å². The maximum Gasteiger partial charge on any atom is 0.0476 e. The summed E-state index contributed by atoms with van der Waals surface area (Å²) in [5.41, 5.74) is 5.59. The lowest BCUT2D eigenvalue weighted by atomic mass is 9.91. The molecule has 3 heteroatoms. The molecule has 2 nitrogen and oxygen atoms in total. The summed E-state index contributed by atoms with van der Waals surface area (Å²) >= 11 is 3.49. The number of aromatic amines is 1. The number of para-hydroxylation sites is 1. The molecule has 1 unspecified atom stereocenters. The molecule has 2 N–H and O–H groups in total. The molecule has 0 fully saturated rings. The quantitative estimate of drug-likeness (QED) is 0.655. The molecule has 0 saturated carbocycles. The molecule has 3 aromatic rings. The van der Waals surface area contributed by atoms with E-state index in [0.29, 0.717) is 6.04 Å². The van der Waals surface area contributed by atoms with Gasteiger partial charge in [-0.3, -0.25) is 0 Å². The smallest absolute Gasteiger partial charge is 0.0476 e. The van der Waals surface area contributed by atoms with Crippen molar-refractivity contribution in [2.75, 3.05) is 6.54 Å². The average molecular weight is 369 g/mol. The molecule has 118 valence electrons. The summed E-state index contributed by atoms with van der Waals surface area (Å²) in [6.45, 7) is 1.01. The number of fused-ring (bicyclic) bond motifs is 3. The lowest BCUT2D eigenvalue weighted by Gasteiger charge is -2.24. The van der Waals surface area contributed by atoms with Crippen LogP contribution < -0.4 is 5.32 Å². The van der Waals surface area contributed by atoms with Crippen molar-refractivity contribution in [3.63, 3.8) is 0 Å². The fourth-order valence-corrected chi connectivity index (χ4v) is 3.93. The van der Waals surface area contributed by atoms with Gasteiger partial charge in [-0.05, 0) is 61.6 Å². The third-order valence-corrected chi connectivity index (χ3v) is 5.36. The largest absolute Gasteiger partial charge is 0.357 e. The van der Waals surface area contributed by atoms with Crippen LogP contribution in [0.5, 0.6) is 0 Å². The summed E-state index contributed by atoms with van der Waals surface area (Å²) in [5.74, 6) is 0. The molecule has 0 spiro atoms. The Morgan fingerprint density at radius 3 is 2.78 bits per heavy atom. The number of rotatable bonds is 4. The summed E-state index contributed by atoms with van der Waals surface area (Å²) in [6.07, 6.45) is 4.76. The van der Waals surface area contributed by atoms with Crippen LogP contribution in [0.4, 0.5) is 0 Å². The number of hydrogen-bond acceptors (Lipinski definition) is 1. The third-order valence-electron chi connectivity index (χ3n) is 4.83. The zero-order valence-corrected chi connectivity index (χ0v) is 14.7. The molecule has 0 radical (unpaired) electrons. The van der Waals surface area contributed by atoms with Crippen molar-refractivity contribution in [2.45, 2.75) is 31.7 Å². The zero-order chi connectivity index (χ0) is 15.6. The summed E-state index contributed by atoms with van der Waals surface area (Å²) < 4.78 is 1.14. The molecule has 0 amide bonds. The Bertz CT molecular complexity index is 804. The maximum atomic E-state index is 3.76. The van der Waals surface area contributed by atoms with Crippen molar-refractivity contribution in [2.24, 2.45) is 0 Å². The Labute approximate surface area is 145 Å². The standard InChI is InChI=1S/C20H21BrN2/c21-15-10-8-14(9-11-15)12-13-22-19-7-3-5-17-16-4-1-2-6-18(16)23-20(17)19/h1-2,4,6,8-11,19,22-23H,3,5,7,12-13H2. The van der Waals surface area contributed by atoms with Crippen LogP contribution >= 0.6 is 15.9 Å². The molecule has 1 atom stereocenters. The van der Waals surface area contributed by atoms with Crippen LogP contribution in [0.25, 0.3) is 10.9 Å². The molecule has 0 aliphatic heterocycles. The van der Waals surface area contributed by atoms with Crippen LogP contribution in [0.15, 0.2) is 53.0 Å². The second-order valence-electron chi connectivity index (χ2n) is 6.34. The SMILES string of the molecule is Brc1ccc(CCNC2CCCc3c2[nH]c2ccccc32)cc1. The summed E-state index contributed by atoms with van der Waals surface area (Å²) in [4.78, 5) is 3.65. The van der Waals surface area contributed by atoms with Gasteiger partial charge < -0.3 is 10.3 Å². The number of nitrogens with one attached hydrogen (secondary N) is 2. The van der Waals surface area contributed by atoms with Crippen molar-refractivity contribution in [1.82, 2.24) is 10.3 Å². The summed E-state index contributed by atoms with van der Waals surface area (Å²) in [5, 5.41) is 5.16. The molecule has 4 rings (SSSR count). The number of hydrogen-bond donors (Lipinski definition) is 2. The van der Waals surface area contributed by atoms with E-state index in [1.54, 1.807) is 0 Å². The summed E-state index contributed by atoms with van der Waals surface area (Å²) in [7, 11) is 0. The van der Waals surface area contributed by atoms with E-state index in [1.807, 2.05) is 0 Å². The predicted octanol–water partition coefficient (Wildman–Crippen LogP) is 5.14. The lowest BCUT2D eigenvalue weighted by Crippen LogP contribution is -2.27. The van der Waals surface area contributed by atoms with Crippen molar-refractivity contribution in [3.05, 3.63) is 69.8 Å². The highest BCUT2D eigenvalue weighted by molar-refractivity contribution is 9.10. The van der Waals surface area contributed by atoms with Gasteiger partial charge in [0.2, 0.25) is 0 Å². The van der Waals surface area contributed by atoms with E-state index < -0.39 is 0 Å². The van der Waals surface area contributed by atoms with E-state index in [0.717, 1.165) is 17.4 Å². The number of H-pyrrole nitrogens is 1. The molecular weight excluding hydrogens is 348 g/mol. The predicted molar refractivity (Wildman–Crippen MR) is 99.8 cm³/mol. The fraction of sp³-hybridized carbons (Fsp3) is 0.300. The molecule has 1 aromatic heterocycles. The zero-order valence-electron chi connectivity index (χ0n) is 13.1. The normalized spacial score (nSPS) is 17.3. The second kappa shape index (κ2) is 6.50. The molecule has 1 aliphatic rings. The Balaban J connectivity index is 1.47. The maximum absolute atomic E-state index is 3.76. The minimum atomic E-state index is 0.460. The van der Waals surface area contributed by atoms with Gasteiger partial charge in [-0.2, -0.15) is 0 Å². The first-order valence-corrected chi connectivity index (χ1v) is 9.18. The van der Waals surface area contributed by atoms with Crippen LogP contribution in [0.3, 0.4) is 0 Å². The topological polar surface area (TPSA) is 27.8 Å². The summed E-state index contributed by atoms with van der Waals surface area (Å²) in [6, 6.07) is 17.8. The van der Waals surface area contributed by atoms with E-state index >= 15 is 0 Å². The monoisotopic (exact) mass is 368 g/mol. The highest BCUT2D eigenvalue weighted by atomic mass is 79.9. The van der Waals surface area contributed by atoms with Crippen LogP contribution in [0.2, 0.25) is 0 Å². The van der Waals surface area contributed by atoms with E-state index in [2.05, 4.69) is 74.8 Å². The van der Waals surface area contributed by atoms with Gasteiger partial charge in [0.25, 0.3) is 0 Å². The van der Waals surface area contributed by atoms with E-state index in [9.17, 15) is 0 Å². The minimum absolute atomic E-state index is 0.460. The first-order chi connectivity index (χ1) is 11.3. The first-order valence-electron chi connectivity index (χ1n) is 8.38. The lowest BCUT2D eigenvalue weighted by molar-refractivity contribution is 0.456. The van der Waals surface area contributed by atoms with E-state index in [-0.39, 0.29) is 0 Å². The van der Waals surface area contributed by atoms with Gasteiger partial charge in [0.1, 0.15) is 0 Å². The van der Waals surface area contributed by atoms with Gasteiger partial charge in [0, 0.05) is 27.1 Å². The Morgan fingerprint density at radius 2 is 1.91 bits per heavy atom. The van der Waals surface area contributed by atoms with Crippen molar-refractivity contribution >= 4 is 26.8 Å². The van der Waals surface area contributed by atoms with Crippen molar-refractivity contribution in [1.29, 1.82) is 0 Å². The molecule has 1 heterocycles. The van der Waals surface area contributed by atoms with Crippen LogP contribution in [-0.4, -0.2) is 11.5 Å². The Morgan fingerprint density at radius 1 is 1.09 bits per heavy atom. The molecule has 2 aromatic carbocycles. The molecule has 23 heavy (non-hydrogen) atoms. The van der Waals surface area contributed by atoms with Gasteiger partial charge in [0.15, 0.2) is 0 Å². The van der Waals surface area contributed by atoms with Crippen LogP contribution in [-0.2, 0) is 12.8 Å². The number of aromatic nitrogens is 1. The molecular formula is C20H21BrN2. The van der Waals surface area contributed by atoms with E-state index in [4.69, 9.17) is 0 Å². The highest BCUT2D eigenvalue weighted by Crippen LogP contribution is 2.34. The first kappa shape index (κ1) is 15.0. The highest BCUT2D eigenvalue weighted by Gasteiger charge is 2.23. The average Bonchev–Trinajstić information content (AvgIpc) is 2.96. The third kappa shape index (κ3) is 3.08. The number of benzene rings is 2. The molecule has 0 saturated heterocycles. The van der Waals surface area contributed by atoms with Crippen LogP contribution in [0, 0.1) is 0 Å². The van der Waals surface area contributed by atoms with Gasteiger partial charge in [-0.25, -0.2) is 0 Å². The minimum Gasteiger partial charge on any atom is -0.357 e. The van der Waals surface area contributed by atoms with Crippen molar-refractivity contribution in [3.8, 4) is 0 Å². The van der Waals surface area contributed by atoms with Crippen LogP contribution in [0.1, 0.15) is 35.7 Å². The Hall–Kier alpha value is -1.58. The molecule has 1 aliphatic carbocycles. The van der Waals surface area contributed by atoms with Gasteiger partial charge >= 0.3 is 0 Å². The molecule has 0 bridgehead atoms. The van der Waals surface area contributed by atoms with Gasteiger partial charge in [0.05, 0.1) is 0 Å². The van der Waals surface area contributed by atoms with E-state index in [1.165, 1.54) is 47.0 Å². The van der Waals surface area contributed by atoms with Gasteiger partial charge in [-0.1, -0.05) is 46.3 Å².